The van der Waals surface area contributed by atoms with Crippen molar-refractivity contribution in [2.45, 2.75) is 45.3 Å². The molecule has 2 unspecified atom stereocenters. The summed E-state index contributed by atoms with van der Waals surface area (Å²) in [6.07, 6.45) is 2.35. The summed E-state index contributed by atoms with van der Waals surface area (Å²) >= 11 is 3.14. The molecule has 0 amide bonds. The first-order chi connectivity index (χ1) is 8.94. The van der Waals surface area contributed by atoms with Crippen LogP contribution in [0.4, 0.5) is 8.78 Å². The third-order valence-corrected chi connectivity index (χ3v) is 4.98. The highest BCUT2D eigenvalue weighted by atomic mass is 79.9. The standard InChI is InChI=1S/C14H18BrF2NO/c1-3-14(4-2)11(18)7-12(14)19-13-9(15)5-8(16)6-10(13)17/h5-6,11-12H,3-4,7,18H2,1-2H3. The van der Waals surface area contributed by atoms with E-state index in [-0.39, 0.29) is 23.3 Å². The summed E-state index contributed by atoms with van der Waals surface area (Å²) in [7, 11) is 0. The zero-order chi connectivity index (χ0) is 14.2. The van der Waals surface area contributed by atoms with Gasteiger partial charge in [0.15, 0.2) is 11.6 Å². The van der Waals surface area contributed by atoms with Crippen molar-refractivity contribution in [2.24, 2.45) is 11.1 Å². The van der Waals surface area contributed by atoms with Gasteiger partial charge >= 0.3 is 0 Å². The third kappa shape index (κ3) is 2.38. The number of ether oxygens (including phenoxy) is 1. The Morgan fingerprint density at radius 1 is 1.37 bits per heavy atom. The average molecular weight is 334 g/mol. The van der Waals surface area contributed by atoms with E-state index in [1.807, 2.05) is 0 Å². The van der Waals surface area contributed by atoms with Crippen molar-refractivity contribution in [3.8, 4) is 5.75 Å². The number of rotatable bonds is 4. The van der Waals surface area contributed by atoms with Gasteiger partial charge in [0, 0.05) is 23.9 Å². The second kappa shape index (κ2) is 5.37. The fourth-order valence-electron chi connectivity index (χ4n) is 2.96. The van der Waals surface area contributed by atoms with Crippen LogP contribution in [0.1, 0.15) is 33.1 Å². The van der Waals surface area contributed by atoms with Gasteiger partial charge < -0.3 is 10.5 Å². The molecule has 0 saturated heterocycles. The number of nitrogens with two attached hydrogens (primary N) is 1. The summed E-state index contributed by atoms with van der Waals surface area (Å²) in [5, 5.41) is 0. The molecule has 1 saturated carbocycles. The van der Waals surface area contributed by atoms with Gasteiger partial charge in [-0.1, -0.05) is 13.8 Å². The smallest absolute Gasteiger partial charge is 0.169 e. The molecule has 2 atom stereocenters. The third-order valence-electron chi connectivity index (χ3n) is 4.39. The minimum absolute atomic E-state index is 0.0737. The fourth-order valence-corrected chi connectivity index (χ4v) is 3.46. The maximum atomic E-state index is 13.8. The molecule has 1 aromatic rings. The Kier molecular flexibility index (Phi) is 4.16. The van der Waals surface area contributed by atoms with E-state index in [0.29, 0.717) is 10.9 Å². The summed E-state index contributed by atoms with van der Waals surface area (Å²) in [4.78, 5) is 0. The monoisotopic (exact) mass is 333 g/mol. The highest BCUT2D eigenvalue weighted by molar-refractivity contribution is 9.10. The van der Waals surface area contributed by atoms with E-state index in [9.17, 15) is 8.78 Å². The maximum Gasteiger partial charge on any atom is 0.169 e. The van der Waals surface area contributed by atoms with Gasteiger partial charge in [0.2, 0.25) is 0 Å². The Morgan fingerprint density at radius 2 is 2.00 bits per heavy atom. The number of halogens is 3. The van der Waals surface area contributed by atoms with Crippen molar-refractivity contribution in [3.05, 3.63) is 28.2 Å². The van der Waals surface area contributed by atoms with Gasteiger partial charge in [-0.3, -0.25) is 0 Å². The van der Waals surface area contributed by atoms with Crippen LogP contribution in [0.3, 0.4) is 0 Å². The molecule has 0 heterocycles. The highest BCUT2D eigenvalue weighted by Crippen LogP contribution is 2.48. The molecule has 0 radical (unpaired) electrons. The van der Waals surface area contributed by atoms with Crippen LogP contribution in [0.5, 0.6) is 5.75 Å². The van der Waals surface area contributed by atoms with E-state index in [0.717, 1.165) is 18.9 Å². The normalized spacial score (nSPS) is 24.9. The molecule has 1 aliphatic carbocycles. The number of hydrogen-bond acceptors (Lipinski definition) is 2. The lowest BCUT2D eigenvalue weighted by atomic mass is 9.59. The van der Waals surface area contributed by atoms with Crippen LogP contribution in [0, 0.1) is 17.0 Å². The minimum Gasteiger partial charge on any atom is -0.485 e. The van der Waals surface area contributed by atoms with Crippen molar-refractivity contribution in [1.82, 2.24) is 0 Å². The summed E-state index contributed by atoms with van der Waals surface area (Å²) in [6.45, 7) is 4.13. The van der Waals surface area contributed by atoms with Crippen LogP contribution in [-0.2, 0) is 0 Å². The zero-order valence-corrected chi connectivity index (χ0v) is 12.6. The quantitative estimate of drug-likeness (QED) is 0.903. The Labute approximate surface area is 120 Å². The minimum atomic E-state index is -0.687. The van der Waals surface area contributed by atoms with Crippen molar-refractivity contribution in [3.63, 3.8) is 0 Å². The Hall–Kier alpha value is -0.680. The first-order valence-corrected chi connectivity index (χ1v) is 7.30. The first kappa shape index (κ1) is 14.7. The maximum absolute atomic E-state index is 13.8. The van der Waals surface area contributed by atoms with E-state index in [2.05, 4.69) is 29.8 Å². The van der Waals surface area contributed by atoms with Gasteiger partial charge in [-0.2, -0.15) is 0 Å². The Bertz CT molecular complexity index is 454. The molecule has 0 bridgehead atoms. The molecule has 1 aromatic carbocycles. The predicted octanol–water partition coefficient (Wildman–Crippen LogP) is 4.01. The van der Waals surface area contributed by atoms with Crippen LogP contribution in [0.25, 0.3) is 0 Å². The van der Waals surface area contributed by atoms with E-state index in [1.165, 1.54) is 6.07 Å². The molecule has 1 aliphatic rings. The lowest BCUT2D eigenvalue weighted by Crippen LogP contribution is -2.63. The Morgan fingerprint density at radius 3 is 2.47 bits per heavy atom. The molecule has 0 spiro atoms. The van der Waals surface area contributed by atoms with Crippen LogP contribution in [-0.4, -0.2) is 12.1 Å². The van der Waals surface area contributed by atoms with Gasteiger partial charge in [-0.15, -0.1) is 0 Å². The van der Waals surface area contributed by atoms with E-state index in [4.69, 9.17) is 10.5 Å². The van der Waals surface area contributed by atoms with E-state index in [1.54, 1.807) is 0 Å². The summed E-state index contributed by atoms with van der Waals surface area (Å²) in [5.74, 6) is -1.24. The lowest BCUT2D eigenvalue weighted by molar-refractivity contribution is -0.0741. The average Bonchev–Trinajstić information content (AvgIpc) is 2.33. The zero-order valence-electron chi connectivity index (χ0n) is 11.1. The van der Waals surface area contributed by atoms with Crippen molar-refractivity contribution in [1.29, 1.82) is 0 Å². The second-order valence-electron chi connectivity index (χ2n) is 5.09. The van der Waals surface area contributed by atoms with Gasteiger partial charge in [0.25, 0.3) is 0 Å². The molecule has 5 heteroatoms. The predicted molar refractivity (Wildman–Crippen MR) is 74.1 cm³/mol. The van der Waals surface area contributed by atoms with Crippen molar-refractivity contribution < 1.29 is 13.5 Å². The molecule has 2 N–H and O–H groups in total. The Balaban J connectivity index is 2.23. The van der Waals surface area contributed by atoms with Crippen LogP contribution >= 0.6 is 15.9 Å². The van der Waals surface area contributed by atoms with Gasteiger partial charge in [-0.05, 0) is 34.8 Å². The van der Waals surface area contributed by atoms with Crippen molar-refractivity contribution in [2.75, 3.05) is 0 Å². The molecular weight excluding hydrogens is 316 g/mol. The number of benzene rings is 1. The molecular formula is C14H18BrF2NO. The second-order valence-corrected chi connectivity index (χ2v) is 5.94. The van der Waals surface area contributed by atoms with Gasteiger partial charge in [-0.25, -0.2) is 8.78 Å². The largest absolute Gasteiger partial charge is 0.485 e. The molecule has 0 aliphatic heterocycles. The lowest BCUT2D eigenvalue weighted by Gasteiger charge is -2.53. The first-order valence-electron chi connectivity index (χ1n) is 6.51. The molecule has 106 valence electrons. The van der Waals surface area contributed by atoms with Crippen LogP contribution in [0.2, 0.25) is 0 Å². The van der Waals surface area contributed by atoms with Gasteiger partial charge in [0.1, 0.15) is 11.9 Å². The number of hydrogen-bond donors (Lipinski definition) is 1. The SMILES string of the molecule is CCC1(CC)C(N)CC1Oc1c(F)cc(F)cc1Br. The molecule has 0 aromatic heterocycles. The van der Waals surface area contributed by atoms with Crippen molar-refractivity contribution >= 4 is 15.9 Å². The summed E-state index contributed by atoms with van der Waals surface area (Å²) in [6, 6.07) is 2.12. The van der Waals surface area contributed by atoms with Crippen LogP contribution in [0.15, 0.2) is 16.6 Å². The highest BCUT2D eigenvalue weighted by Gasteiger charge is 2.52. The van der Waals surface area contributed by atoms with E-state index >= 15 is 0 Å². The molecule has 19 heavy (non-hydrogen) atoms. The van der Waals surface area contributed by atoms with Gasteiger partial charge in [0.05, 0.1) is 4.47 Å². The van der Waals surface area contributed by atoms with Crippen LogP contribution < -0.4 is 10.5 Å². The molecule has 2 nitrogen and oxygen atoms in total. The van der Waals surface area contributed by atoms with E-state index < -0.39 is 11.6 Å². The molecule has 1 fully saturated rings. The fraction of sp³-hybridized carbons (Fsp3) is 0.571. The molecule has 2 rings (SSSR count). The summed E-state index contributed by atoms with van der Waals surface area (Å²) < 4.78 is 32.9. The topological polar surface area (TPSA) is 35.2 Å². The summed E-state index contributed by atoms with van der Waals surface area (Å²) in [5.41, 5.74) is 5.97.